The average molecular weight is 346 g/mol. The van der Waals surface area contributed by atoms with E-state index in [1.54, 1.807) is 0 Å². The van der Waals surface area contributed by atoms with Crippen molar-refractivity contribution in [3.8, 4) is 0 Å². The van der Waals surface area contributed by atoms with E-state index >= 15 is 0 Å². The zero-order valence-electron chi connectivity index (χ0n) is 15.0. The molecular formula is C20H26O5. The molecule has 3 N–H and O–H groups in total. The first-order chi connectivity index (χ1) is 11.6. The number of fused-ring (bicyclic) bond motifs is 2. The van der Waals surface area contributed by atoms with Crippen molar-refractivity contribution < 1.29 is 24.9 Å². The van der Waals surface area contributed by atoms with Gasteiger partial charge in [0.05, 0.1) is 11.5 Å². The predicted molar refractivity (Wildman–Crippen MR) is 90.4 cm³/mol. The van der Waals surface area contributed by atoms with Crippen LogP contribution in [0.25, 0.3) is 0 Å². The maximum atomic E-state index is 13.2. The van der Waals surface area contributed by atoms with Crippen LogP contribution in [0, 0.1) is 28.6 Å². The molecule has 25 heavy (non-hydrogen) atoms. The lowest BCUT2D eigenvalue weighted by atomic mass is 9.50. The Hall–Kier alpha value is -1.30. The standard InChI is InChI=1S/C20H26O5/c1-8-5-6-19(4)12(10(8)3)15(22)14(21)11-13(19)16(23)18(25)20(17(11)24)7-9(20)2/h8-9,12,14-15,18,21-22,25H,3,5-7H2,1-2,4H3/t8-,9+,12+,14+,15+,18+,19+,20-/m1/s1. The first-order valence-corrected chi connectivity index (χ1v) is 9.15. The maximum absolute atomic E-state index is 13.2. The summed E-state index contributed by atoms with van der Waals surface area (Å²) in [5.41, 5.74) is -0.774. The number of aliphatic hydroxyl groups excluding tert-OH is 3. The van der Waals surface area contributed by atoms with Gasteiger partial charge in [0, 0.05) is 22.5 Å². The smallest absolute Gasteiger partial charge is 0.189 e. The third-order valence-electron chi connectivity index (χ3n) is 7.63. The molecule has 0 aliphatic heterocycles. The van der Waals surface area contributed by atoms with Crippen LogP contribution < -0.4 is 0 Å². The van der Waals surface area contributed by atoms with E-state index in [0.29, 0.717) is 12.8 Å². The Morgan fingerprint density at radius 3 is 2.32 bits per heavy atom. The monoisotopic (exact) mass is 346 g/mol. The van der Waals surface area contributed by atoms with E-state index in [-0.39, 0.29) is 28.8 Å². The van der Waals surface area contributed by atoms with E-state index in [1.165, 1.54) is 0 Å². The molecule has 0 saturated heterocycles. The van der Waals surface area contributed by atoms with Crippen molar-refractivity contribution in [3.63, 3.8) is 0 Å². The van der Waals surface area contributed by atoms with Crippen LogP contribution in [0.15, 0.2) is 23.3 Å². The Bertz CT molecular complexity index is 736. The molecule has 2 saturated carbocycles. The topological polar surface area (TPSA) is 94.8 Å². The van der Waals surface area contributed by atoms with Gasteiger partial charge in [-0.1, -0.05) is 32.9 Å². The van der Waals surface area contributed by atoms with Crippen molar-refractivity contribution >= 4 is 11.6 Å². The highest BCUT2D eigenvalue weighted by Gasteiger charge is 2.71. The maximum Gasteiger partial charge on any atom is 0.189 e. The molecule has 0 radical (unpaired) electrons. The summed E-state index contributed by atoms with van der Waals surface area (Å²) in [6, 6.07) is 0. The van der Waals surface area contributed by atoms with Gasteiger partial charge in [0.15, 0.2) is 11.6 Å². The summed E-state index contributed by atoms with van der Waals surface area (Å²) in [6.45, 7) is 9.83. The second kappa shape index (κ2) is 4.90. The molecular weight excluding hydrogens is 320 g/mol. The van der Waals surface area contributed by atoms with E-state index < -0.39 is 40.8 Å². The second-order valence-corrected chi connectivity index (χ2v) is 8.88. The van der Waals surface area contributed by atoms with E-state index in [9.17, 15) is 24.9 Å². The number of hydrogen-bond donors (Lipinski definition) is 3. The van der Waals surface area contributed by atoms with Crippen LogP contribution in [0.3, 0.4) is 0 Å². The Kier molecular flexibility index (Phi) is 3.36. The van der Waals surface area contributed by atoms with Gasteiger partial charge >= 0.3 is 0 Å². The largest absolute Gasteiger partial charge is 0.389 e. The molecule has 1 spiro atoms. The summed E-state index contributed by atoms with van der Waals surface area (Å²) < 4.78 is 0. The molecule has 0 aromatic heterocycles. The van der Waals surface area contributed by atoms with Crippen molar-refractivity contribution in [3.05, 3.63) is 23.3 Å². The molecule has 0 aromatic carbocycles. The van der Waals surface area contributed by atoms with Gasteiger partial charge in [-0.15, -0.1) is 0 Å². The molecule has 5 nitrogen and oxygen atoms in total. The minimum Gasteiger partial charge on any atom is -0.389 e. The average Bonchev–Trinajstić information content (AvgIpc) is 3.23. The molecule has 8 atom stereocenters. The van der Waals surface area contributed by atoms with Crippen LogP contribution >= 0.6 is 0 Å². The fourth-order valence-corrected chi connectivity index (χ4v) is 5.81. The second-order valence-electron chi connectivity index (χ2n) is 8.88. The van der Waals surface area contributed by atoms with Gasteiger partial charge in [-0.05, 0) is 31.1 Å². The van der Waals surface area contributed by atoms with Gasteiger partial charge in [0.1, 0.15) is 12.2 Å². The Balaban J connectivity index is 1.94. The molecule has 5 heteroatoms. The molecule has 4 aliphatic rings. The summed E-state index contributed by atoms with van der Waals surface area (Å²) in [5.74, 6) is -1.20. The first kappa shape index (κ1) is 17.1. The van der Waals surface area contributed by atoms with Crippen LogP contribution in [0.1, 0.15) is 40.0 Å². The number of Topliss-reactive ketones (excluding diaryl/α,β-unsaturated/α-hetero) is 2. The molecule has 2 fully saturated rings. The SMILES string of the molecule is C=C1[C@H](C)CC[C@]2(C)C3=C(C(=O)[C@]4(C[C@@H]4C)[C@@H](O)C3=O)[C@H](O)[C@@H](O)[C@H]12. The van der Waals surface area contributed by atoms with Crippen molar-refractivity contribution in [1.29, 1.82) is 0 Å². The van der Waals surface area contributed by atoms with Crippen molar-refractivity contribution in [2.75, 3.05) is 0 Å². The van der Waals surface area contributed by atoms with E-state index in [4.69, 9.17) is 0 Å². The molecule has 0 aromatic rings. The zero-order chi connectivity index (χ0) is 18.5. The normalized spacial score (nSPS) is 52.3. The number of ketones is 2. The zero-order valence-corrected chi connectivity index (χ0v) is 15.0. The number of carbonyl (C=O) groups excluding carboxylic acids is 2. The quantitative estimate of drug-likeness (QED) is 0.572. The van der Waals surface area contributed by atoms with Crippen LogP contribution in [0.2, 0.25) is 0 Å². The van der Waals surface area contributed by atoms with E-state index in [1.807, 2.05) is 20.8 Å². The van der Waals surface area contributed by atoms with Gasteiger partial charge in [0.2, 0.25) is 0 Å². The highest BCUT2D eigenvalue weighted by molar-refractivity contribution is 6.19. The summed E-state index contributed by atoms with van der Waals surface area (Å²) in [5, 5.41) is 32.2. The third-order valence-corrected chi connectivity index (χ3v) is 7.63. The highest BCUT2D eigenvalue weighted by atomic mass is 16.3. The summed E-state index contributed by atoms with van der Waals surface area (Å²) in [7, 11) is 0. The summed E-state index contributed by atoms with van der Waals surface area (Å²) >= 11 is 0. The fourth-order valence-electron chi connectivity index (χ4n) is 5.81. The molecule has 0 bridgehead atoms. The number of carbonyl (C=O) groups is 2. The Labute approximate surface area is 147 Å². The van der Waals surface area contributed by atoms with Crippen LogP contribution in [-0.2, 0) is 9.59 Å². The highest BCUT2D eigenvalue weighted by Crippen LogP contribution is 2.64. The van der Waals surface area contributed by atoms with Crippen molar-refractivity contribution in [2.24, 2.45) is 28.6 Å². The van der Waals surface area contributed by atoms with Gasteiger partial charge in [0.25, 0.3) is 0 Å². The third kappa shape index (κ3) is 1.79. The molecule has 0 amide bonds. The van der Waals surface area contributed by atoms with E-state index in [0.717, 1.165) is 12.0 Å². The minimum atomic E-state index is -1.40. The number of rotatable bonds is 0. The number of aliphatic hydroxyl groups is 3. The molecule has 4 rings (SSSR count). The van der Waals surface area contributed by atoms with Crippen molar-refractivity contribution in [1.82, 2.24) is 0 Å². The molecule has 0 heterocycles. The molecule has 4 aliphatic carbocycles. The summed E-state index contributed by atoms with van der Waals surface area (Å²) in [6.07, 6.45) is -2.04. The molecule has 136 valence electrons. The van der Waals surface area contributed by atoms with E-state index in [2.05, 4.69) is 6.58 Å². The van der Waals surface area contributed by atoms with Gasteiger partial charge in [-0.2, -0.15) is 0 Å². The Morgan fingerprint density at radius 2 is 1.76 bits per heavy atom. The van der Waals surface area contributed by atoms with Gasteiger partial charge < -0.3 is 15.3 Å². The molecule has 0 unspecified atom stereocenters. The van der Waals surface area contributed by atoms with Crippen LogP contribution in [0.4, 0.5) is 0 Å². The van der Waals surface area contributed by atoms with Gasteiger partial charge in [-0.25, -0.2) is 0 Å². The minimum absolute atomic E-state index is 0.0493. The Morgan fingerprint density at radius 1 is 1.16 bits per heavy atom. The first-order valence-electron chi connectivity index (χ1n) is 9.15. The van der Waals surface area contributed by atoms with Crippen LogP contribution in [-0.4, -0.2) is 45.2 Å². The lowest BCUT2D eigenvalue weighted by Gasteiger charge is -2.54. The lowest BCUT2D eigenvalue weighted by molar-refractivity contribution is -0.145. The number of hydrogen-bond acceptors (Lipinski definition) is 5. The lowest BCUT2D eigenvalue weighted by Crippen LogP contribution is -2.60. The summed E-state index contributed by atoms with van der Waals surface area (Å²) in [4.78, 5) is 26.3. The predicted octanol–water partition coefficient (Wildman–Crippen LogP) is 1.17. The van der Waals surface area contributed by atoms with Crippen molar-refractivity contribution in [2.45, 2.75) is 58.3 Å². The van der Waals surface area contributed by atoms with Gasteiger partial charge in [-0.3, -0.25) is 9.59 Å². The fraction of sp³-hybridized carbons (Fsp3) is 0.700. The van der Waals surface area contributed by atoms with Crippen LogP contribution in [0.5, 0.6) is 0 Å².